The van der Waals surface area contributed by atoms with E-state index in [4.69, 9.17) is 13.7 Å². The highest BCUT2D eigenvalue weighted by molar-refractivity contribution is 7.86. The Balaban J connectivity index is 1.56. The molecule has 1 unspecified atom stereocenters. The molecule has 1 aliphatic carbocycles. The van der Waals surface area contributed by atoms with Gasteiger partial charge >= 0.3 is 5.97 Å². The van der Waals surface area contributed by atoms with Crippen molar-refractivity contribution >= 4 is 21.9 Å². The molecule has 32 heavy (non-hydrogen) atoms. The number of hydrogen-bond acceptors (Lipinski definition) is 8. The van der Waals surface area contributed by atoms with Gasteiger partial charge in [-0.3, -0.25) is 8.98 Å². The molecule has 8 nitrogen and oxygen atoms in total. The fourth-order valence-electron chi connectivity index (χ4n) is 3.06. The zero-order valence-corrected chi connectivity index (χ0v) is 18.6. The van der Waals surface area contributed by atoms with Gasteiger partial charge < -0.3 is 14.6 Å². The summed E-state index contributed by atoms with van der Waals surface area (Å²) in [6.45, 7) is 3.04. The first kappa shape index (κ1) is 23.6. The largest absolute Gasteiger partial charge is 0.491 e. The predicted octanol–water partition coefficient (Wildman–Crippen LogP) is 2.37. The molecule has 2 aromatic rings. The van der Waals surface area contributed by atoms with Crippen LogP contribution in [-0.2, 0) is 30.3 Å². The van der Waals surface area contributed by atoms with Gasteiger partial charge in [0.1, 0.15) is 18.5 Å². The van der Waals surface area contributed by atoms with Crippen LogP contribution in [0.3, 0.4) is 0 Å². The Bertz CT molecular complexity index is 1130. The molecule has 1 atom stereocenters. The molecule has 0 spiro atoms. The maximum absolute atomic E-state index is 12.4. The summed E-state index contributed by atoms with van der Waals surface area (Å²) in [5.74, 6) is -0.533. The minimum Gasteiger partial charge on any atom is -0.491 e. The second-order valence-electron chi connectivity index (χ2n) is 7.27. The molecule has 0 radical (unpaired) electrons. The summed E-state index contributed by atoms with van der Waals surface area (Å²) < 4.78 is 39.7. The van der Waals surface area contributed by atoms with Crippen LogP contribution in [0.5, 0.6) is 5.75 Å². The third-order valence-electron chi connectivity index (χ3n) is 4.74. The number of benzene rings is 2. The van der Waals surface area contributed by atoms with Crippen molar-refractivity contribution in [2.24, 2.45) is 0 Å². The number of carbonyl (C=O) groups is 2. The molecule has 0 fully saturated rings. The standard InChI is InChI=1S/C23H24O8S/c1-3-29-23(26)17-10-16-6-7-19(12-21(16)22(25)11-17)30-13-18(24)14-31-32(27,28)20-8-4-15(2)5-9-20/h4-9,11-12,18,24H,3,10,13-14H2,1-2H3. The topological polar surface area (TPSA) is 116 Å². The van der Waals surface area contributed by atoms with Crippen LogP contribution >= 0.6 is 0 Å². The minimum absolute atomic E-state index is 0.000314. The molecule has 1 N–H and O–H groups in total. The van der Waals surface area contributed by atoms with E-state index in [1.807, 2.05) is 6.92 Å². The van der Waals surface area contributed by atoms with Crippen molar-refractivity contribution in [2.75, 3.05) is 19.8 Å². The fourth-order valence-corrected chi connectivity index (χ4v) is 4.00. The molecule has 2 aromatic carbocycles. The quantitative estimate of drug-likeness (QED) is 0.448. The number of allylic oxidation sites excluding steroid dienone is 1. The Morgan fingerprint density at radius 3 is 2.53 bits per heavy atom. The molecule has 170 valence electrons. The van der Waals surface area contributed by atoms with Crippen LogP contribution in [-0.4, -0.2) is 51.2 Å². The average Bonchev–Trinajstić information content (AvgIpc) is 2.77. The van der Waals surface area contributed by atoms with Crippen LogP contribution in [0.1, 0.15) is 28.4 Å². The smallest absolute Gasteiger partial charge is 0.334 e. The zero-order valence-electron chi connectivity index (χ0n) is 17.7. The van der Waals surface area contributed by atoms with Crippen molar-refractivity contribution in [3.63, 3.8) is 0 Å². The number of aliphatic hydroxyl groups excluding tert-OH is 1. The molecular weight excluding hydrogens is 436 g/mol. The predicted molar refractivity (Wildman–Crippen MR) is 115 cm³/mol. The maximum atomic E-state index is 12.4. The van der Waals surface area contributed by atoms with Gasteiger partial charge in [0.25, 0.3) is 10.1 Å². The van der Waals surface area contributed by atoms with Crippen molar-refractivity contribution in [1.82, 2.24) is 0 Å². The van der Waals surface area contributed by atoms with Crippen LogP contribution in [0.25, 0.3) is 0 Å². The van der Waals surface area contributed by atoms with Crippen LogP contribution in [0.2, 0.25) is 0 Å². The lowest BCUT2D eigenvalue weighted by molar-refractivity contribution is -0.138. The first-order chi connectivity index (χ1) is 15.2. The van der Waals surface area contributed by atoms with E-state index < -0.39 is 28.8 Å². The van der Waals surface area contributed by atoms with Gasteiger partial charge in [0.15, 0.2) is 5.78 Å². The Kier molecular flexibility index (Phi) is 7.44. The van der Waals surface area contributed by atoms with Crippen molar-refractivity contribution in [3.8, 4) is 5.75 Å². The lowest BCUT2D eigenvalue weighted by atomic mass is 9.90. The molecule has 0 aliphatic heterocycles. The highest BCUT2D eigenvalue weighted by Gasteiger charge is 2.23. The molecule has 0 amide bonds. The summed E-state index contributed by atoms with van der Waals surface area (Å²) in [5.41, 5.74) is 2.26. The van der Waals surface area contributed by atoms with Gasteiger partial charge in [0.05, 0.1) is 18.1 Å². The maximum Gasteiger partial charge on any atom is 0.334 e. The van der Waals surface area contributed by atoms with Gasteiger partial charge in [0, 0.05) is 17.6 Å². The third kappa shape index (κ3) is 5.82. The number of esters is 1. The van der Waals surface area contributed by atoms with E-state index in [2.05, 4.69) is 0 Å². The molecule has 1 aliphatic rings. The normalized spacial score (nSPS) is 14.3. The van der Waals surface area contributed by atoms with Crippen LogP contribution in [0, 0.1) is 6.92 Å². The van der Waals surface area contributed by atoms with Gasteiger partial charge in [0.2, 0.25) is 0 Å². The molecule has 0 aromatic heterocycles. The highest BCUT2D eigenvalue weighted by Crippen LogP contribution is 2.26. The van der Waals surface area contributed by atoms with E-state index in [1.165, 1.54) is 24.3 Å². The van der Waals surface area contributed by atoms with E-state index in [9.17, 15) is 23.1 Å². The highest BCUT2D eigenvalue weighted by atomic mass is 32.2. The van der Waals surface area contributed by atoms with Crippen molar-refractivity contribution in [2.45, 2.75) is 31.3 Å². The summed E-state index contributed by atoms with van der Waals surface area (Å²) in [5, 5.41) is 10.1. The average molecular weight is 461 g/mol. The summed E-state index contributed by atoms with van der Waals surface area (Å²) in [4.78, 5) is 24.3. The summed E-state index contributed by atoms with van der Waals surface area (Å²) in [7, 11) is -4.00. The number of aliphatic hydroxyl groups is 1. The van der Waals surface area contributed by atoms with Crippen LogP contribution in [0.15, 0.2) is 59.0 Å². The molecule has 0 saturated carbocycles. The number of fused-ring (bicyclic) bond motifs is 1. The SMILES string of the molecule is CCOC(=O)C1=CC(=O)c2cc(OCC(O)COS(=O)(=O)c3ccc(C)cc3)ccc2C1. The van der Waals surface area contributed by atoms with Crippen LogP contribution in [0.4, 0.5) is 0 Å². The van der Waals surface area contributed by atoms with Crippen molar-refractivity contribution in [3.05, 3.63) is 70.8 Å². The molecule has 0 bridgehead atoms. The van der Waals surface area contributed by atoms with Gasteiger partial charge in [-0.05, 0) is 49.8 Å². The molecular formula is C23H24O8S. The third-order valence-corrected chi connectivity index (χ3v) is 6.03. The van der Waals surface area contributed by atoms with Gasteiger partial charge in [-0.25, -0.2) is 4.79 Å². The molecule has 0 saturated heterocycles. The lowest BCUT2D eigenvalue weighted by Crippen LogP contribution is -2.25. The van der Waals surface area contributed by atoms with E-state index in [-0.39, 0.29) is 30.3 Å². The Labute approximate surface area is 186 Å². The number of rotatable bonds is 9. The first-order valence-electron chi connectivity index (χ1n) is 10.0. The van der Waals surface area contributed by atoms with E-state index in [0.29, 0.717) is 22.4 Å². The van der Waals surface area contributed by atoms with Crippen molar-refractivity contribution < 1.29 is 36.8 Å². The van der Waals surface area contributed by atoms with Crippen LogP contribution < -0.4 is 4.74 Å². The Hall–Kier alpha value is -3.01. The summed E-state index contributed by atoms with van der Waals surface area (Å²) in [6, 6.07) is 11.0. The van der Waals surface area contributed by atoms with Gasteiger partial charge in [-0.2, -0.15) is 8.42 Å². The molecule has 0 heterocycles. The number of carbonyl (C=O) groups excluding carboxylic acids is 2. The zero-order chi connectivity index (χ0) is 23.3. The number of ether oxygens (including phenoxy) is 2. The molecule has 9 heteroatoms. The number of hydrogen-bond donors (Lipinski definition) is 1. The summed E-state index contributed by atoms with van der Waals surface area (Å²) in [6.07, 6.45) is 0.313. The van der Waals surface area contributed by atoms with E-state index in [0.717, 1.165) is 5.56 Å². The van der Waals surface area contributed by atoms with E-state index >= 15 is 0 Å². The second kappa shape index (κ2) is 10.1. The molecule has 3 rings (SSSR count). The van der Waals surface area contributed by atoms with Gasteiger partial charge in [-0.1, -0.05) is 23.8 Å². The lowest BCUT2D eigenvalue weighted by Gasteiger charge is -2.17. The first-order valence-corrected chi connectivity index (χ1v) is 11.4. The second-order valence-corrected chi connectivity index (χ2v) is 8.88. The number of ketones is 1. The summed E-state index contributed by atoms with van der Waals surface area (Å²) >= 11 is 0. The fraction of sp³-hybridized carbons (Fsp3) is 0.304. The van der Waals surface area contributed by atoms with Gasteiger partial charge in [-0.15, -0.1) is 0 Å². The van der Waals surface area contributed by atoms with Crippen molar-refractivity contribution in [1.29, 1.82) is 0 Å². The van der Waals surface area contributed by atoms with E-state index in [1.54, 1.807) is 31.2 Å². The minimum atomic E-state index is -4.00. The Morgan fingerprint density at radius 2 is 1.84 bits per heavy atom. The monoisotopic (exact) mass is 460 g/mol. The number of aryl methyl sites for hydroxylation is 1. The Morgan fingerprint density at radius 1 is 1.12 bits per heavy atom.